The Kier molecular flexibility index (Phi) is 2.33. The Morgan fingerprint density at radius 3 is 2.61 bits per heavy atom. The highest BCUT2D eigenvalue weighted by molar-refractivity contribution is 5.80. The standard InChI is InChI=1S/C15H14N2O/c1-9-5-3-8-13-14(9)18-15(17-13)11-6-4-7-12(16)10(11)2/h3-8H,16H2,1-2H3. The van der Waals surface area contributed by atoms with E-state index in [0.717, 1.165) is 33.5 Å². The van der Waals surface area contributed by atoms with Crippen LogP contribution in [0.1, 0.15) is 11.1 Å². The number of hydrogen-bond donors (Lipinski definition) is 1. The number of para-hydroxylation sites is 1. The maximum atomic E-state index is 5.91. The van der Waals surface area contributed by atoms with Crippen LogP contribution < -0.4 is 5.73 Å². The summed E-state index contributed by atoms with van der Waals surface area (Å²) in [5.74, 6) is 0.629. The lowest BCUT2D eigenvalue weighted by Crippen LogP contribution is -1.91. The number of benzene rings is 2. The summed E-state index contributed by atoms with van der Waals surface area (Å²) in [6.45, 7) is 4.00. The number of aryl methyl sites for hydroxylation is 1. The minimum atomic E-state index is 0.629. The fraction of sp³-hybridized carbons (Fsp3) is 0.133. The third-order valence-electron chi connectivity index (χ3n) is 3.22. The van der Waals surface area contributed by atoms with Crippen LogP contribution in [0.3, 0.4) is 0 Å². The number of hydrogen-bond acceptors (Lipinski definition) is 3. The highest BCUT2D eigenvalue weighted by Gasteiger charge is 2.12. The first-order valence-corrected chi connectivity index (χ1v) is 5.88. The largest absolute Gasteiger partial charge is 0.436 e. The number of anilines is 1. The molecule has 90 valence electrons. The molecular weight excluding hydrogens is 224 g/mol. The Bertz CT molecular complexity index is 728. The van der Waals surface area contributed by atoms with E-state index in [-0.39, 0.29) is 0 Å². The molecule has 0 aliphatic carbocycles. The Balaban J connectivity index is 2.26. The van der Waals surface area contributed by atoms with Gasteiger partial charge in [-0.1, -0.05) is 18.2 Å². The van der Waals surface area contributed by atoms with Crippen molar-refractivity contribution in [3.63, 3.8) is 0 Å². The molecular formula is C15H14N2O. The zero-order valence-electron chi connectivity index (χ0n) is 10.4. The molecule has 0 radical (unpaired) electrons. The maximum absolute atomic E-state index is 5.91. The molecule has 0 spiro atoms. The van der Waals surface area contributed by atoms with Crippen molar-refractivity contribution in [2.24, 2.45) is 0 Å². The lowest BCUT2D eigenvalue weighted by Gasteiger charge is -2.03. The molecule has 0 bridgehead atoms. The first kappa shape index (κ1) is 10.8. The van der Waals surface area contributed by atoms with Crippen LogP contribution in [0.25, 0.3) is 22.6 Å². The van der Waals surface area contributed by atoms with Crippen LogP contribution in [-0.2, 0) is 0 Å². The van der Waals surface area contributed by atoms with Crippen LogP contribution in [0.4, 0.5) is 5.69 Å². The van der Waals surface area contributed by atoms with Gasteiger partial charge in [0.05, 0.1) is 0 Å². The highest BCUT2D eigenvalue weighted by atomic mass is 16.3. The monoisotopic (exact) mass is 238 g/mol. The molecule has 0 atom stereocenters. The van der Waals surface area contributed by atoms with Gasteiger partial charge in [0.15, 0.2) is 5.58 Å². The van der Waals surface area contributed by atoms with Crippen LogP contribution >= 0.6 is 0 Å². The first-order chi connectivity index (χ1) is 8.66. The number of aromatic nitrogens is 1. The van der Waals surface area contributed by atoms with Gasteiger partial charge in [0.2, 0.25) is 5.89 Å². The molecule has 3 heteroatoms. The Hall–Kier alpha value is -2.29. The van der Waals surface area contributed by atoms with E-state index in [1.807, 2.05) is 50.2 Å². The molecule has 0 saturated heterocycles. The number of nitrogens with two attached hydrogens (primary N) is 1. The zero-order valence-corrected chi connectivity index (χ0v) is 10.4. The van der Waals surface area contributed by atoms with Gasteiger partial charge < -0.3 is 10.2 Å². The molecule has 0 unspecified atom stereocenters. The molecule has 0 aliphatic heterocycles. The van der Waals surface area contributed by atoms with Gasteiger partial charge in [-0.3, -0.25) is 0 Å². The summed E-state index contributed by atoms with van der Waals surface area (Å²) in [7, 11) is 0. The second-order valence-electron chi connectivity index (χ2n) is 4.46. The van der Waals surface area contributed by atoms with E-state index in [1.54, 1.807) is 0 Å². The van der Waals surface area contributed by atoms with Gasteiger partial charge in [0.25, 0.3) is 0 Å². The number of nitrogen functional groups attached to an aromatic ring is 1. The molecule has 3 nitrogen and oxygen atoms in total. The van der Waals surface area contributed by atoms with Gasteiger partial charge in [-0.05, 0) is 43.2 Å². The van der Waals surface area contributed by atoms with E-state index < -0.39 is 0 Å². The zero-order chi connectivity index (χ0) is 12.7. The van der Waals surface area contributed by atoms with Gasteiger partial charge in [0.1, 0.15) is 5.52 Å². The summed E-state index contributed by atoms with van der Waals surface area (Å²) in [6, 6.07) is 11.7. The smallest absolute Gasteiger partial charge is 0.227 e. The second-order valence-corrected chi connectivity index (χ2v) is 4.46. The fourth-order valence-electron chi connectivity index (χ4n) is 2.09. The van der Waals surface area contributed by atoms with Crippen LogP contribution in [0.2, 0.25) is 0 Å². The van der Waals surface area contributed by atoms with E-state index in [0.29, 0.717) is 5.89 Å². The van der Waals surface area contributed by atoms with E-state index in [4.69, 9.17) is 10.2 Å². The summed E-state index contributed by atoms with van der Waals surface area (Å²) in [4.78, 5) is 4.52. The van der Waals surface area contributed by atoms with Crippen molar-refractivity contribution in [3.8, 4) is 11.5 Å². The molecule has 0 fully saturated rings. The Morgan fingerprint density at radius 2 is 1.83 bits per heavy atom. The number of oxazole rings is 1. The van der Waals surface area contributed by atoms with E-state index in [9.17, 15) is 0 Å². The van der Waals surface area contributed by atoms with Gasteiger partial charge in [-0.15, -0.1) is 0 Å². The fourth-order valence-corrected chi connectivity index (χ4v) is 2.09. The van der Waals surface area contributed by atoms with Crippen molar-refractivity contribution in [3.05, 3.63) is 47.5 Å². The predicted molar refractivity (Wildman–Crippen MR) is 73.3 cm³/mol. The Morgan fingerprint density at radius 1 is 1.06 bits per heavy atom. The molecule has 1 aromatic heterocycles. The van der Waals surface area contributed by atoms with Crippen LogP contribution in [0.15, 0.2) is 40.8 Å². The molecule has 0 amide bonds. The van der Waals surface area contributed by atoms with Crippen LogP contribution in [0, 0.1) is 13.8 Å². The van der Waals surface area contributed by atoms with E-state index in [1.165, 1.54) is 0 Å². The topological polar surface area (TPSA) is 52.0 Å². The molecule has 0 saturated carbocycles. The predicted octanol–water partition coefficient (Wildman–Crippen LogP) is 3.69. The molecule has 1 heterocycles. The SMILES string of the molecule is Cc1c(N)cccc1-c1nc2cccc(C)c2o1. The van der Waals surface area contributed by atoms with Crippen molar-refractivity contribution in [1.82, 2.24) is 4.98 Å². The van der Waals surface area contributed by atoms with Crippen molar-refractivity contribution >= 4 is 16.8 Å². The van der Waals surface area contributed by atoms with Crippen molar-refractivity contribution in [1.29, 1.82) is 0 Å². The number of nitrogens with zero attached hydrogens (tertiary/aromatic N) is 1. The molecule has 0 aliphatic rings. The lowest BCUT2D eigenvalue weighted by molar-refractivity contribution is 0.617. The minimum absolute atomic E-state index is 0.629. The third kappa shape index (κ3) is 1.56. The van der Waals surface area contributed by atoms with Gasteiger partial charge >= 0.3 is 0 Å². The molecule has 3 rings (SSSR count). The first-order valence-electron chi connectivity index (χ1n) is 5.88. The van der Waals surface area contributed by atoms with E-state index >= 15 is 0 Å². The lowest BCUT2D eigenvalue weighted by atomic mass is 10.1. The summed E-state index contributed by atoms with van der Waals surface area (Å²) >= 11 is 0. The molecule has 18 heavy (non-hydrogen) atoms. The third-order valence-corrected chi connectivity index (χ3v) is 3.22. The van der Waals surface area contributed by atoms with Crippen molar-refractivity contribution < 1.29 is 4.42 Å². The average molecular weight is 238 g/mol. The molecule has 3 aromatic rings. The van der Waals surface area contributed by atoms with Gasteiger partial charge in [0, 0.05) is 11.3 Å². The highest BCUT2D eigenvalue weighted by Crippen LogP contribution is 2.30. The summed E-state index contributed by atoms with van der Waals surface area (Å²) < 4.78 is 5.85. The van der Waals surface area contributed by atoms with Crippen LogP contribution in [0.5, 0.6) is 0 Å². The number of rotatable bonds is 1. The average Bonchev–Trinajstić information content (AvgIpc) is 2.78. The minimum Gasteiger partial charge on any atom is -0.436 e. The second kappa shape index (κ2) is 3.88. The number of fused-ring (bicyclic) bond motifs is 1. The van der Waals surface area contributed by atoms with Gasteiger partial charge in [-0.2, -0.15) is 0 Å². The van der Waals surface area contributed by atoms with Crippen molar-refractivity contribution in [2.75, 3.05) is 5.73 Å². The maximum Gasteiger partial charge on any atom is 0.227 e. The quantitative estimate of drug-likeness (QED) is 0.658. The van der Waals surface area contributed by atoms with Gasteiger partial charge in [-0.25, -0.2) is 4.98 Å². The summed E-state index contributed by atoms with van der Waals surface area (Å²) in [5, 5.41) is 0. The normalized spacial score (nSPS) is 11.0. The summed E-state index contributed by atoms with van der Waals surface area (Å²) in [5.41, 5.74) is 11.4. The van der Waals surface area contributed by atoms with Crippen LogP contribution in [-0.4, -0.2) is 4.98 Å². The van der Waals surface area contributed by atoms with E-state index in [2.05, 4.69) is 4.98 Å². The van der Waals surface area contributed by atoms with Crippen molar-refractivity contribution in [2.45, 2.75) is 13.8 Å². The summed E-state index contributed by atoms with van der Waals surface area (Å²) in [6.07, 6.45) is 0. The Labute approximate surface area is 105 Å². The molecule has 2 N–H and O–H groups in total. The molecule has 2 aromatic carbocycles.